The maximum absolute atomic E-state index is 13.6. The predicted molar refractivity (Wildman–Crippen MR) is 75.1 cm³/mol. The minimum atomic E-state index is -1.35. The van der Waals surface area contributed by atoms with Crippen LogP contribution in [0.3, 0.4) is 0 Å². The molecule has 7 nitrogen and oxygen atoms in total. The Morgan fingerprint density at radius 2 is 2.09 bits per heavy atom. The number of methoxy groups -OCH3 is 1. The SMILES string of the molecule is COC(C(=O)NC=N)c1ccccc1Oc1ncnc(F)c1F. The fourth-order valence-electron chi connectivity index (χ4n) is 1.82. The summed E-state index contributed by atoms with van der Waals surface area (Å²) < 4.78 is 37.1. The summed E-state index contributed by atoms with van der Waals surface area (Å²) in [6.07, 6.45) is 0.408. The summed E-state index contributed by atoms with van der Waals surface area (Å²) in [5.74, 6) is -3.88. The highest BCUT2D eigenvalue weighted by Crippen LogP contribution is 2.31. The highest BCUT2D eigenvalue weighted by Gasteiger charge is 2.24. The van der Waals surface area contributed by atoms with E-state index in [1.807, 2.05) is 0 Å². The third-order valence-electron chi connectivity index (χ3n) is 2.81. The molecule has 0 saturated heterocycles. The molecule has 1 heterocycles. The molecule has 0 aliphatic carbocycles. The molecule has 0 radical (unpaired) electrons. The minimum absolute atomic E-state index is 0.0523. The number of para-hydroxylation sites is 1. The first kappa shape index (κ1) is 16.4. The van der Waals surface area contributed by atoms with Crippen LogP contribution in [0.2, 0.25) is 0 Å². The van der Waals surface area contributed by atoms with Crippen molar-refractivity contribution in [3.8, 4) is 11.6 Å². The third-order valence-corrected chi connectivity index (χ3v) is 2.81. The fraction of sp³-hybridized carbons (Fsp3) is 0.143. The molecule has 1 unspecified atom stereocenters. The van der Waals surface area contributed by atoms with E-state index in [2.05, 4.69) is 15.3 Å². The van der Waals surface area contributed by atoms with Gasteiger partial charge in [-0.25, -0.2) is 4.98 Å². The number of rotatable bonds is 6. The van der Waals surface area contributed by atoms with Crippen molar-refractivity contribution < 1.29 is 23.0 Å². The first-order valence-electron chi connectivity index (χ1n) is 6.33. The second-order valence-electron chi connectivity index (χ2n) is 4.19. The molecule has 120 valence electrons. The molecule has 2 rings (SSSR count). The fourth-order valence-corrected chi connectivity index (χ4v) is 1.82. The van der Waals surface area contributed by atoms with Crippen LogP contribution in [0.25, 0.3) is 0 Å². The topological polar surface area (TPSA) is 97.2 Å². The second kappa shape index (κ2) is 7.36. The number of ether oxygens (including phenoxy) is 2. The van der Waals surface area contributed by atoms with Crippen molar-refractivity contribution in [2.24, 2.45) is 0 Å². The Morgan fingerprint density at radius 1 is 1.35 bits per heavy atom. The normalized spacial score (nSPS) is 11.6. The van der Waals surface area contributed by atoms with Crippen LogP contribution >= 0.6 is 0 Å². The summed E-state index contributed by atoms with van der Waals surface area (Å²) in [6.45, 7) is 0. The molecule has 0 aliphatic heterocycles. The number of carbonyl (C=O) groups is 1. The lowest BCUT2D eigenvalue weighted by atomic mass is 10.1. The Morgan fingerprint density at radius 3 is 2.78 bits per heavy atom. The first-order valence-corrected chi connectivity index (χ1v) is 6.33. The van der Waals surface area contributed by atoms with Crippen LogP contribution in [0.1, 0.15) is 11.7 Å². The smallest absolute Gasteiger partial charge is 0.262 e. The summed E-state index contributed by atoms with van der Waals surface area (Å²) in [5, 5.41) is 9.07. The zero-order valence-electron chi connectivity index (χ0n) is 11.9. The van der Waals surface area contributed by atoms with Gasteiger partial charge in [-0.3, -0.25) is 10.2 Å². The lowest BCUT2D eigenvalue weighted by Gasteiger charge is -2.17. The third kappa shape index (κ3) is 3.64. The number of amides is 1. The monoisotopic (exact) mass is 322 g/mol. The van der Waals surface area contributed by atoms with Crippen LogP contribution in [0, 0.1) is 17.2 Å². The summed E-state index contributed by atoms with van der Waals surface area (Å²) in [6, 6.07) is 6.15. The Bertz CT molecular complexity index is 727. The molecule has 1 aromatic heterocycles. The zero-order valence-corrected chi connectivity index (χ0v) is 11.9. The lowest BCUT2D eigenvalue weighted by Crippen LogP contribution is -2.29. The van der Waals surface area contributed by atoms with Gasteiger partial charge in [0.05, 0.1) is 6.34 Å². The highest BCUT2D eigenvalue weighted by atomic mass is 19.2. The molecule has 0 saturated carbocycles. The summed E-state index contributed by atoms with van der Waals surface area (Å²) in [4.78, 5) is 18.5. The van der Waals surface area contributed by atoms with E-state index in [1.165, 1.54) is 19.2 Å². The molecule has 2 aromatic rings. The molecular weight excluding hydrogens is 310 g/mol. The minimum Gasteiger partial charge on any atom is -0.436 e. The Kier molecular flexibility index (Phi) is 5.26. The van der Waals surface area contributed by atoms with E-state index < -0.39 is 29.7 Å². The molecule has 0 fully saturated rings. The van der Waals surface area contributed by atoms with E-state index in [9.17, 15) is 13.6 Å². The molecule has 23 heavy (non-hydrogen) atoms. The molecule has 2 N–H and O–H groups in total. The molecule has 1 atom stereocenters. The highest BCUT2D eigenvalue weighted by molar-refractivity contribution is 5.91. The Balaban J connectivity index is 2.38. The van der Waals surface area contributed by atoms with Gasteiger partial charge in [0.15, 0.2) is 6.10 Å². The number of nitrogens with zero attached hydrogens (tertiary/aromatic N) is 2. The van der Waals surface area contributed by atoms with Crippen molar-refractivity contribution in [3.63, 3.8) is 0 Å². The summed E-state index contributed by atoms with van der Waals surface area (Å²) >= 11 is 0. The lowest BCUT2D eigenvalue weighted by molar-refractivity contribution is -0.129. The van der Waals surface area contributed by atoms with E-state index >= 15 is 0 Å². The standard InChI is InChI=1S/C14H12F2N4O3/c1-22-11(13(21)18-6-17)8-4-2-3-5-9(8)23-14-10(15)12(16)19-7-20-14/h2-7,11H,1H3,(H2,17,18,21). The average Bonchev–Trinajstić information content (AvgIpc) is 2.54. The summed E-state index contributed by atoms with van der Waals surface area (Å²) in [7, 11) is 1.29. The van der Waals surface area contributed by atoms with Crippen molar-refractivity contribution in [2.45, 2.75) is 6.10 Å². The van der Waals surface area contributed by atoms with Gasteiger partial charge in [-0.2, -0.15) is 13.8 Å². The van der Waals surface area contributed by atoms with E-state index in [1.54, 1.807) is 12.1 Å². The number of hydrogen-bond donors (Lipinski definition) is 2. The number of aromatic nitrogens is 2. The van der Waals surface area contributed by atoms with Gasteiger partial charge in [-0.1, -0.05) is 18.2 Å². The maximum Gasteiger partial charge on any atom is 0.262 e. The van der Waals surface area contributed by atoms with Gasteiger partial charge in [0.25, 0.3) is 17.7 Å². The van der Waals surface area contributed by atoms with E-state index in [-0.39, 0.29) is 11.3 Å². The number of halogens is 2. The van der Waals surface area contributed by atoms with Crippen molar-refractivity contribution in [1.29, 1.82) is 5.41 Å². The van der Waals surface area contributed by atoms with Gasteiger partial charge in [-0.15, -0.1) is 0 Å². The van der Waals surface area contributed by atoms with Crippen LogP contribution in [0.15, 0.2) is 30.6 Å². The molecule has 1 aromatic carbocycles. The molecule has 0 bridgehead atoms. The number of benzene rings is 1. The second-order valence-corrected chi connectivity index (χ2v) is 4.19. The molecule has 0 aliphatic rings. The van der Waals surface area contributed by atoms with Gasteiger partial charge in [0.2, 0.25) is 5.82 Å². The summed E-state index contributed by atoms with van der Waals surface area (Å²) in [5.41, 5.74) is 0.257. The van der Waals surface area contributed by atoms with Crippen molar-refractivity contribution >= 4 is 12.2 Å². The zero-order chi connectivity index (χ0) is 16.8. The molecule has 0 spiro atoms. The molecular formula is C14H12F2N4O3. The van der Waals surface area contributed by atoms with Crippen molar-refractivity contribution in [1.82, 2.24) is 15.3 Å². The van der Waals surface area contributed by atoms with E-state index in [0.717, 1.165) is 6.33 Å². The van der Waals surface area contributed by atoms with Crippen LogP contribution in [-0.2, 0) is 9.53 Å². The number of hydrogen-bond acceptors (Lipinski definition) is 6. The van der Waals surface area contributed by atoms with Gasteiger partial charge in [-0.05, 0) is 6.07 Å². The van der Waals surface area contributed by atoms with Crippen LogP contribution in [0.4, 0.5) is 8.78 Å². The van der Waals surface area contributed by atoms with Crippen molar-refractivity contribution in [2.75, 3.05) is 7.11 Å². The van der Waals surface area contributed by atoms with Gasteiger partial charge in [0.1, 0.15) is 12.1 Å². The van der Waals surface area contributed by atoms with E-state index in [0.29, 0.717) is 6.34 Å². The molecule has 1 amide bonds. The van der Waals surface area contributed by atoms with Crippen LogP contribution in [-0.4, -0.2) is 29.3 Å². The number of nitrogens with one attached hydrogen (secondary N) is 2. The van der Waals surface area contributed by atoms with E-state index in [4.69, 9.17) is 14.9 Å². The van der Waals surface area contributed by atoms with Gasteiger partial charge in [0, 0.05) is 12.7 Å². The van der Waals surface area contributed by atoms with Gasteiger partial charge < -0.3 is 14.8 Å². The van der Waals surface area contributed by atoms with Crippen molar-refractivity contribution in [3.05, 3.63) is 47.9 Å². The number of carbonyl (C=O) groups excluding carboxylic acids is 1. The van der Waals surface area contributed by atoms with Crippen LogP contribution < -0.4 is 10.1 Å². The van der Waals surface area contributed by atoms with Gasteiger partial charge >= 0.3 is 0 Å². The first-order chi connectivity index (χ1) is 11.1. The Labute approximate surface area is 129 Å². The Hall–Kier alpha value is -2.94. The maximum atomic E-state index is 13.6. The van der Waals surface area contributed by atoms with Crippen LogP contribution in [0.5, 0.6) is 11.6 Å². The molecule has 9 heteroatoms. The predicted octanol–water partition coefficient (Wildman–Crippen LogP) is 1.96. The largest absolute Gasteiger partial charge is 0.436 e. The quantitative estimate of drug-likeness (QED) is 0.481. The average molecular weight is 322 g/mol.